The minimum Gasteiger partial charge on any atom is -0.545 e. The average Bonchev–Trinajstić information content (AvgIpc) is 2.14. The molecule has 0 atom stereocenters. The van der Waals surface area contributed by atoms with Crippen LogP contribution in [0, 0.1) is 0 Å². The van der Waals surface area contributed by atoms with Crippen LogP contribution >= 0.6 is 0 Å². The van der Waals surface area contributed by atoms with Crippen molar-refractivity contribution in [1.82, 2.24) is 0 Å². The van der Waals surface area contributed by atoms with Gasteiger partial charge in [-0.05, 0) is 6.07 Å². The number of carboxylic acids is 2. The number of hydrogen-bond acceptors (Lipinski definition) is 6. The number of benzene rings is 1. The smallest absolute Gasteiger partial charge is 0.545 e. The third-order valence-corrected chi connectivity index (χ3v) is 2.62. The van der Waals surface area contributed by atoms with Gasteiger partial charge in [-0.25, -0.2) is 0 Å². The van der Waals surface area contributed by atoms with Crippen LogP contribution in [0.3, 0.4) is 0 Å². The molecule has 0 aliphatic heterocycles. The van der Waals surface area contributed by atoms with Gasteiger partial charge in [-0.2, -0.15) is 8.42 Å². The topological polar surface area (TPSA) is 135 Å². The Morgan fingerprint density at radius 1 is 1.06 bits per heavy atom. The van der Waals surface area contributed by atoms with Crippen molar-refractivity contribution in [2.45, 2.75) is 4.90 Å². The molecule has 18 heavy (non-hydrogen) atoms. The van der Waals surface area contributed by atoms with Crippen LogP contribution in [0.2, 0.25) is 0 Å². The molecule has 1 N–H and O–H groups in total. The number of carbonyl (C=O) groups is 2. The maximum atomic E-state index is 10.8. The summed E-state index contributed by atoms with van der Waals surface area (Å²) in [4.78, 5) is 20.1. The van der Waals surface area contributed by atoms with Crippen molar-refractivity contribution in [2.24, 2.45) is 0 Å². The summed E-state index contributed by atoms with van der Waals surface area (Å²) in [5.74, 6) is -3.92. The zero-order chi connectivity index (χ0) is 12.5. The molecule has 0 aliphatic carbocycles. The molecule has 0 aliphatic rings. The van der Waals surface area contributed by atoms with Crippen molar-refractivity contribution in [3.63, 3.8) is 0 Å². The predicted octanol–water partition coefficient (Wildman–Crippen LogP) is -8.33. The van der Waals surface area contributed by atoms with Crippen LogP contribution in [0.1, 0.15) is 20.7 Å². The Hall–Kier alpha value is -0.735. The Kier molecular flexibility index (Phi) is 7.62. The molecule has 0 fully saturated rings. The summed E-state index contributed by atoms with van der Waals surface area (Å²) in [7, 11) is -4.85. The average molecular weight is 258 g/mol. The first-order chi connectivity index (χ1) is 7.25. The van der Waals surface area contributed by atoms with E-state index in [-0.39, 0.29) is 37.7 Å². The first-order valence-corrected chi connectivity index (χ1v) is 5.22. The molecule has 1 aromatic carbocycles. The third-order valence-electron chi connectivity index (χ3n) is 1.73. The molecule has 0 aromatic heterocycles. The fraction of sp³-hybridized carbons (Fsp3) is 0. The van der Waals surface area contributed by atoms with Gasteiger partial charge >= 0.3 is 37.7 Å². The molecular weight excluding hydrogens is 254 g/mol. The quantitative estimate of drug-likeness (QED) is 0.420. The van der Waals surface area contributed by atoms with Crippen LogP contribution in [-0.4, -0.2) is 24.9 Å². The Balaban J connectivity index is 0. The zero-order valence-corrected chi connectivity index (χ0v) is 10.4. The Morgan fingerprint density at radius 3 is 1.89 bits per heavy atom. The van der Waals surface area contributed by atoms with Crippen LogP contribution in [0.15, 0.2) is 23.1 Å². The van der Waals surface area contributed by atoms with Crippen molar-refractivity contribution in [3.05, 3.63) is 29.3 Å². The molecule has 1 rings (SSSR count). The molecule has 0 spiro atoms. The molecule has 0 unspecified atom stereocenters. The Morgan fingerprint density at radius 2 is 1.56 bits per heavy atom. The van der Waals surface area contributed by atoms with Gasteiger partial charge in [-0.3, -0.25) is 4.55 Å². The third kappa shape index (κ3) is 4.18. The van der Waals surface area contributed by atoms with E-state index >= 15 is 0 Å². The van der Waals surface area contributed by atoms with Crippen molar-refractivity contribution < 1.29 is 70.5 Å². The monoisotopic (exact) mass is 258 g/mol. The number of hydrogen-bond donors (Lipinski definition) is 1. The van der Waals surface area contributed by atoms with E-state index in [9.17, 15) is 28.2 Å². The summed E-state index contributed by atoms with van der Waals surface area (Å²) < 4.78 is 30.3. The number of carboxylic acid groups (broad SMARTS) is 2. The number of aromatic carboxylic acids is 2. The van der Waals surface area contributed by atoms with Gasteiger partial charge < -0.3 is 19.8 Å². The minimum atomic E-state index is -4.85. The van der Waals surface area contributed by atoms with E-state index in [4.69, 9.17) is 4.55 Å². The zero-order valence-electron chi connectivity index (χ0n) is 9.54. The Labute approximate surface area is 126 Å². The predicted molar refractivity (Wildman–Crippen MR) is 44.9 cm³/mol. The van der Waals surface area contributed by atoms with Crippen LogP contribution in [-0.2, 0) is 10.1 Å². The second kappa shape index (κ2) is 7.00. The molecule has 0 saturated carbocycles. The summed E-state index contributed by atoms with van der Waals surface area (Å²) in [5, 5.41) is 21.1. The minimum absolute atomic E-state index is 0. The first kappa shape index (κ1) is 19.6. The Bertz CT molecular complexity index is 567. The van der Waals surface area contributed by atoms with E-state index < -0.39 is 38.1 Å². The van der Waals surface area contributed by atoms with Crippen molar-refractivity contribution >= 4 is 22.1 Å². The van der Waals surface area contributed by atoms with Crippen LogP contribution in [0.25, 0.3) is 0 Å². The number of carbonyl (C=O) groups excluding carboxylic acids is 2. The SMILES string of the molecule is O=C([O-])c1cccc(S(=O)(=O)O)c1C(=O)[O-].[Li+].[Li+]. The van der Waals surface area contributed by atoms with Crippen molar-refractivity contribution in [2.75, 3.05) is 0 Å². The van der Waals surface area contributed by atoms with Gasteiger partial charge in [0.2, 0.25) is 0 Å². The first-order valence-electron chi connectivity index (χ1n) is 3.78. The molecule has 1 aromatic rings. The largest absolute Gasteiger partial charge is 1.00 e. The van der Waals surface area contributed by atoms with Crippen molar-refractivity contribution in [1.29, 1.82) is 0 Å². The summed E-state index contributed by atoms with van der Waals surface area (Å²) in [6, 6.07) is 2.53. The molecule has 0 heterocycles. The molecule has 7 nitrogen and oxygen atoms in total. The van der Waals surface area contributed by atoms with Gasteiger partial charge in [0.15, 0.2) is 0 Å². The number of rotatable bonds is 3. The van der Waals surface area contributed by atoms with E-state index in [1.165, 1.54) is 0 Å². The summed E-state index contributed by atoms with van der Waals surface area (Å²) in [6.45, 7) is 0. The normalized spacial score (nSPS) is 9.83. The molecule has 0 saturated heterocycles. The fourth-order valence-electron chi connectivity index (χ4n) is 1.13. The van der Waals surface area contributed by atoms with E-state index in [1.807, 2.05) is 0 Å². The van der Waals surface area contributed by atoms with Gasteiger partial charge in [0.25, 0.3) is 10.1 Å². The van der Waals surface area contributed by atoms with Crippen molar-refractivity contribution in [3.8, 4) is 0 Å². The van der Waals surface area contributed by atoms with E-state index in [0.717, 1.165) is 18.2 Å². The van der Waals surface area contributed by atoms with E-state index in [2.05, 4.69) is 0 Å². The molecule has 86 valence electrons. The second-order valence-electron chi connectivity index (χ2n) is 2.73. The van der Waals surface area contributed by atoms with E-state index in [0.29, 0.717) is 0 Å². The van der Waals surface area contributed by atoms with Gasteiger partial charge in [-0.15, -0.1) is 0 Å². The second-order valence-corrected chi connectivity index (χ2v) is 4.12. The van der Waals surface area contributed by atoms with E-state index in [1.54, 1.807) is 0 Å². The molecule has 0 amide bonds. The van der Waals surface area contributed by atoms with Gasteiger partial charge in [-0.1, -0.05) is 12.1 Å². The maximum Gasteiger partial charge on any atom is 1.00 e. The fourth-order valence-corrected chi connectivity index (χ4v) is 1.83. The summed E-state index contributed by atoms with van der Waals surface area (Å²) >= 11 is 0. The van der Waals surface area contributed by atoms with Crippen LogP contribution in [0.4, 0.5) is 0 Å². The standard InChI is InChI=1S/C8H6O7S.2Li/c9-7(10)4-2-1-3-5(16(13,14)15)6(4)8(11)12;;/h1-3H,(H,9,10)(H,11,12)(H,13,14,15);;/q;2*+1/p-2. The van der Waals surface area contributed by atoms with Gasteiger partial charge in [0.05, 0.1) is 11.9 Å². The van der Waals surface area contributed by atoms with Gasteiger partial charge in [0, 0.05) is 11.1 Å². The maximum absolute atomic E-state index is 10.8. The summed E-state index contributed by atoms with van der Waals surface area (Å²) in [6.07, 6.45) is 0. The molecule has 0 bridgehead atoms. The van der Waals surface area contributed by atoms with Crippen LogP contribution in [0.5, 0.6) is 0 Å². The van der Waals surface area contributed by atoms with Crippen LogP contribution < -0.4 is 47.9 Å². The summed E-state index contributed by atoms with van der Waals surface area (Å²) in [5.41, 5.74) is -2.01. The van der Waals surface area contributed by atoms with Gasteiger partial charge in [0.1, 0.15) is 4.90 Å². The molecule has 10 heteroatoms. The molecule has 0 radical (unpaired) electrons. The molecular formula is C8H4Li2O7S.